The van der Waals surface area contributed by atoms with Crippen LogP contribution in [-0.2, 0) is 6.42 Å². The van der Waals surface area contributed by atoms with E-state index in [-0.39, 0.29) is 17.5 Å². The van der Waals surface area contributed by atoms with Gasteiger partial charge in [-0.3, -0.25) is 4.79 Å². The molecule has 0 bridgehead atoms. The van der Waals surface area contributed by atoms with Gasteiger partial charge in [0.1, 0.15) is 17.1 Å². The molecule has 0 aromatic heterocycles. The zero-order valence-electron chi connectivity index (χ0n) is 17.0. The van der Waals surface area contributed by atoms with E-state index in [2.05, 4.69) is 31.2 Å². The van der Waals surface area contributed by atoms with Gasteiger partial charge in [-0.1, -0.05) is 30.3 Å². The highest BCUT2D eigenvalue weighted by Crippen LogP contribution is 2.40. The molecule has 0 saturated carbocycles. The van der Waals surface area contributed by atoms with Crippen LogP contribution in [0.25, 0.3) is 0 Å². The molecule has 0 radical (unpaired) electrons. The lowest BCUT2D eigenvalue weighted by molar-refractivity contribution is 0.0840. The molecule has 28 heavy (non-hydrogen) atoms. The Morgan fingerprint density at radius 3 is 2.61 bits per heavy atom. The van der Waals surface area contributed by atoms with Crippen molar-refractivity contribution in [1.29, 1.82) is 0 Å². The number of aliphatic hydroxyl groups is 1. The van der Waals surface area contributed by atoms with E-state index in [1.165, 1.54) is 5.56 Å². The molecular weight excluding hydrogens is 352 g/mol. The van der Waals surface area contributed by atoms with Gasteiger partial charge in [0.25, 0.3) is 0 Å². The highest BCUT2D eigenvalue weighted by Gasteiger charge is 2.39. The first kappa shape index (κ1) is 20.0. The second-order valence-corrected chi connectivity index (χ2v) is 7.90. The highest BCUT2D eigenvalue weighted by molar-refractivity contribution is 6.13. The van der Waals surface area contributed by atoms with Crippen molar-refractivity contribution in [1.82, 2.24) is 0 Å². The topological polar surface area (TPSA) is 55.8 Å². The molecule has 0 spiro atoms. The van der Waals surface area contributed by atoms with E-state index in [1.807, 2.05) is 19.1 Å². The summed E-state index contributed by atoms with van der Waals surface area (Å²) in [7, 11) is 0. The fourth-order valence-corrected chi connectivity index (χ4v) is 3.64. The van der Waals surface area contributed by atoms with Crippen LogP contribution in [0.3, 0.4) is 0 Å². The molecule has 2 aromatic rings. The van der Waals surface area contributed by atoms with Crippen molar-refractivity contribution in [3.8, 4) is 11.5 Å². The maximum Gasteiger partial charge on any atom is 0.200 e. The molecule has 1 unspecified atom stereocenters. The van der Waals surface area contributed by atoms with Crippen LogP contribution in [-0.4, -0.2) is 22.6 Å². The van der Waals surface area contributed by atoms with Crippen LogP contribution in [0.4, 0.5) is 0 Å². The zero-order valence-corrected chi connectivity index (χ0v) is 17.0. The van der Waals surface area contributed by atoms with Crippen LogP contribution in [0, 0.1) is 6.92 Å². The molecule has 1 aliphatic heterocycles. The van der Waals surface area contributed by atoms with Crippen LogP contribution in [0.1, 0.15) is 55.1 Å². The van der Waals surface area contributed by atoms with E-state index in [0.717, 1.165) is 31.1 Å². The van der Waals surface area contributed by atoms with Crippen molar-refractivity contribution in [2.75, 3.05) is 0 Å². The maximum absolute atomic E-state index is 12.7. The number of hydrogen-bond donors (Lipinski definition) is 1. The quantitative estimate of drug-likeness (QED) is 0.525. The van der Waals surface area contributed by atoms with Gasteiger partial charge in [0.2, 0.25) is 0 Å². The Balaban J connectivity index is 1.69. The van der Waals surface area contributed by atoms with Gasteiger partial charge in [-0.05, 0) is 64.2 Å². The van der Waals surface area contributed by atoms with Crippen molar-refractivity contribution in [3.05, 3.63) is 71.0 Å². The largest absolute Gasteiger partial charge is 0.515 e. The van der Waals surface area contributed by atoms with Crippen LogP contribution in [0.15, 0.2) is 54.3 Å². The summed E-state index contributed by atoms with van der Waals surface area (Å²) in [5.74, 6) is 1.00. The zero-order chi connectivity index (χ0) is 20.3. The minimum atomic E-state index is -0.884. The fourth-order valence-electron chi connectivity index (χ4n) is 3.64. The van der Waals surface area contributed by atoms with Gasteiger partial charge in [-0.15, -0.1) is 0 Å². The lowest BCUT2D eigenvalue weighted by Gasteiger charge is -2.34. The van der Waals surface area contributed by atoms with Crippen molar-refractivity contribution in [2.24, 2.45) is 0 Å². The van der Waals surface area contributed by atoms with E-state index in [9.17, 15) is 9.90 Å². The molecule has 0 fully saturated rings. The van der Waals surface area contributed by atoms with E-state index in [0.29, 0.717) is 17.1 Å². The van der Waals surface area contributed by atoms with Gasteiger partial charge in [0.15, 0.2) is 5.78 Å². The summed E-state index contributed by atoms with van der Waals surface area (Å²) in [6.45, 7) is 7.46. The number of ketones is 1. The second-order valence-electron chi connectivity index (χ2n) is 7.90. The third kappa shape index (κ3) is 4.22. The summed E-state index contributed by atoms with van der Waals surface area (Å²) in [5, 5.41) is 9.46. The molecule has 1 atom stereocenters. The van der Waals surface area contributed by atoms with Gasteiger partial charge < -0.3 is 14.6 Å². The highest BCUT2D eigenvalue weighted by atomic mass is 16.5. The Hall–Kier alpha value is -2.75. The molecule has 2 aromatic carbocycles. The molecule has 3 rings (SSSR count). The molecular formula is C24H28O4. The minimum absolute atomic E-state index is 0.0568. The number of aryl methyl sites for hydroxylation is 2. The molecule has 148 valence electrons. The number of benzene rings is 2. The SMILES string of the molecule is Cc1cc(OC(C)CCCc2ccccc2)cc2c1C(=O)C(=CO)C(C)(C)O2. The summed E-state index contributed by atoms with van der Waals surface area (Å²) >= 11 is 0. The maximum atomic E-state index is 12.7. The third-order valence-electron chi connectivity index (χ3n) is 5.14. The number of carbonyl (C=O) groups is 1. The number of carbonyl (C=O) groups excluding carboxylic acids is 1. The third-order valence-corrected chi connectivity index (χ3v) is 5.14. The number of ether oxygens (including phenoxy) is 2. The molecule has 0 saturated heterocycles. The van der Waals surface area contributed by atoms with Crippen LogP contribution in [0.5, 0.6) is 11.5 Å². The van der Waals surface area contributed by atoms with Crippen molar-refractivity contribution >= 4 is 5.78 Å². The number of aliphatic hydroxyl groups excluding tert-OH is 1. The van der Waals surface area contributed by atoms with Crippen molar-refractivity contribution < 1.29 is 19.4 Å². The normalized spacial score (nSPS) is 17.7. The average molecular weight is 380 g/mol. The number of rotatable bonds is 6. The summed E-state index contributed by atoms with van der Waals surface area (Å²) in [4.78, 5) is 12.7. The predicted octanol–water partition coefficient (Wildman–Crippen LogP) is 5.58. The minimum Gasteiger partial charge on any atom is -0.515 e. The number of fused-ring (bicyclic) bond motifs is 1. The first-order chi connectivity index (χ1) is 13.3. The number of hydrogen-bond acceptors (Lipinski definition) is 4. The van der Waals surface area contributed by atoms with Gasteiger partial charge in [0.05, 0.1) is 23.5 Å². The second kappa shape index (κ2) is 8.09. The molecule has 0 aliphatic carbocycles. The van der Waals surface area contributed by atoms with E-state index in [4.69, 9.17) is 9.47 Å². The lowest BCUT2D eigenvalue weighted by Crippen LogP contribution is -2.39. The monoisotopic (exact) mass is 380 g/mol. The summed E-state index contributed by atoms with van der Waals surface area (Å²) in [6.07, 6.45) is 3.92. The molecule has 1 heterocycles. The Kier molecular flexibility index (Phi) is 5.78. The van der Waals surface area contributed by atoms with Crippen molar-refractivity contribution in [3.63, 3.8) is 0 Å². The van der Waals surface area contributed by atoms with Gasteiger partial charge in [-0.2, -0.15) is 0 Å². The van der Waals surface area contributed by atoms with Crippen molar-refractivity contribution in [2.45, 2.75) is 58.7 Å². The predicted molar refractivity (Wildman–Crippen MR) is 110 cm³/mol. The summed E-state index contributed by atoms with van der Waals surface area (Å²) in [5.41, 5.74) is 1.98. The first-order valence-corrected chi connectivity index (χ1v) is 9.75. The summed E-state index contributed by atoms with van der Waals surface area (Å²) in [6, 6.07) is 14.1. The number of Topliss-reactive ketones (excluding diaryl/α,β-unsaturated/α-hetero) is 1. The standard InChI is InChI=1S/C24H28O4/c1-16-13-19(27-17(2)9-8-12-18-10-6-5-7-11-18)14-21-22(16)23(26)20(15-25)24(3,4)28-21/h5-7,10-11,13-15,17,25H,8-9,12H2,1-4H3. The Bertz CT molecular complexity index is 881. The Morgan fingerprint density at radius 2 is 1.93 bits per heavy atom. The van der Waals surface area contributed by atoms with E-state index < -0.39 is 5.60 Å². The Labute approximate surface area is 166 Å². The molecule has 1 aliphatic rings. The molecule has 4 nitrogen and oxygen atoms in total. The van der Waals surface area contributed by atoms with Crippen LogP contribution >= 0.6 is 0 Å². The fraction of sp³-hybridized carbons (Fsp3) is 0.375. The Morgan fingerprint density at radius 1 is 1.21 bits per heavy atom. The molecule has 4 heteroatoms. The van der Waals surface area contributed by atoms with Gasteiger partial charge in [-0.25, -0.2) is 0 Å². The lowest BCUT2D eigenvalue weighted by atomic mass is 9.86. The molecule has 0 amide bonds. The average Bonchev–Trinajstić information content (AvgIpc) is 2.61. The smallest absolute Gasteiger partial charge is 0.200 e. The summed E-state index contributed by atoms with van der Waals surface area (Å²) < 4.78 is 12.1. The van der Waals surface area contributed by atoms with Gasteiger partial charge >= 0.3 is 0 Å². The van der Waals surface area contributed by atoms with Crippen LogP contribution < -0.4 is 9.47 Å². The first-order valence-electron chi connectivity index (χ1n) is 9.75. The van der Waals surface area contributed by atoms with Crippen LogP contribution in [0.2, 0.25) is 0 Å². The van der Waals surface area contributed by atoms with E-state index in [1.54, 1.807) is 19.9 Å². The molecule has 1 N–H and O–H groups in total. The van der Waals surface area contributed by atoms with E-state index >= 15 is 0 Å². The van der Waals surface area contributed by atoms with Gasteiger partial charge in [0, 0.05) is 6.07 Å².